The summed E-state index contributed by atoms with van der Waals surface area (Å²) in [7, 11) is 0. The van der Waals surface area contributed by atoms with E-state index in [1.165, 1.54) is 56.7 Å². The van der Waals surface area contributed by atoms with Crippen molar-refractivity contribution < 1.29 is 14.6 Å². The molecule has 22 heavy (non-hydrogen) atoms. The molecule has 1 aromatic rings. The van der Waals surface area contributed by atoms with E-state index in [1.807, 2.05) is 6.07 Å². The molecule has 0 heterocycles. The number of carbonyl (C=O) groups excluding carboxylic acids is 1. The minimum absolute atomic E-state index is 0.0847. The molecule has 0 bridgehead atoms. The van der Waals surface area contributed by atoms with Gasteiger partial charge in [-0.1, -0.05) is 51.9 Å². The highest BCUT2D eigenvalue weighted by Gasteiger charge is 2.10. The lowest BCUT2D eigenvalue weighted by Crippen LogP contribution is -2.06. The van der Waals surface area contributed by atoms with Crippen LogP contribution in [0.4, 0.5) is 0 Å². The van der Waals surface area contributed by atoms with E-state index in [-0.39, 0.29) is 11.3 Å². The van der Waals surface area contributed by atoms with Gasteiger partial charge >= 0.3 is 5.97 Å². The molecular weight excluding hydrogens is 278 g/mol. The second-order valence-corrected chi connectivity index (χ2v) is 5.45. The van der Waals surface area contributed by atoms with Gasteiger partial charge in [0.25, 0.3) is 0 Å². The van der Waals surface area contributed by atoms with Gasteiger partial charge in [-0.25, -0.2) is 4.79 Å². The highest BCUT2D eigenvalue weighted by molar-refractivity contribution is 5.90. The van der Waals surface area contributed by atoms with Crippen molar-refractivity contribution in [1.82, 2.24) is 0 Å². The molecule has 0 aromatic heterocycles. The lowest BCUT2D eigenvalue weighted by Gasteiger charge is -2.06. The van der Waals surface area contributed by atoms with Gasteiger partial charge in [-0.2, -0.15) is 5.26 Å². The van der Waals surface area contributed by atoms with Gasteiger partial charge in [-0.05, 0) is 24.6 Å². The first-order valence-electron chi connectivity index (χ1n) is 8.09. The molecule has 1 N–H and O–H groups in total. The number of aromatic hydroxyl groups is 1. The van der Waals surface area contributed by atoms with E-state index >= 15 is 0 Å². The maximum atomic E-state index is 11.8. The molecule has 0 unspecified atom stereocenters. The molecule has 0 saturated carbocycles. The number of benzene rings is 1. The summed E-state index contributed by atoms with van der Waals surface area (Å²) in [6.45, 7) is 2.61. The van der Waals surface area contributed by atoms with Crippen molar-refractivity contribution in [1.29, 1.82) is 5.26 Å². The Morgan fingerprint density at radius 1 is 1.14 bits per heavy atom. The fourth-order valence-corrected chi connectivity index (χ4v) is 2.24. The van der Waals surface area contributed by atoms with E-state index < -0.39 is 5.97 Å². The number of ether oxygens (including phenoxy) is 1. The number of nitrogens with zero attached hydrogens (tertiary/aromatic N) is 1. The van der Waals surface area contributed by atoms with Crippen molar-refractivity contribution in [2.45, 2.75) is 58.3 Å². The summed E-state index contributed by atoms with van der Waals surface area (Å²) in [4.78, 5) is 11.8. The first-order valence-corrected chi connectivity index (χ1v) is 8.09. The van der Waals surface area contributed by atoms with Crippen LogP contribution < -0.4 is 0 Å². The third-order valence-corrected chi connectivity index (χ3v) is 3.58. The Morgan fingerprint density at radius 2 is 1.77 bits per heavy atom. The lowest BCUT2D eigenvalue weighted by molar-refractivity contribution is 0.0497. The summed E-state index contributed by atoms with van der Waals surface area (Å²) in [6.07, 6.45) is 9.54. The highest BCUT2D eigenvalue weighted by Crippen LogP contribution is 2.18. The molecule has 4 nitrogen and oxygen atoms in total. The third-order valence-electron chi connectivity index (χ3n) is 3.58. The predicted octanol–water partition coefficient (Wildman–Crippen LogP) is 4.56. The molecule has 0 radical (unpaired) electrons. The average Bonchev–Trinajstić information content (AvgIpc) is 2.53. The Kier molecular flexibility index (Phi) is 8.74. The number of nitriles is 1. The average molecular weight is 303 g/mol. The molecule has 1 rings (SSSR count). The minimum Gasteiger partial charge on any atom is -0.507 e. The summed E-state index contributed by atoms with van der Waals surface area (Å²) in [5.41, 5.74) is 0.385. The Hall–Kier alpha value is -2.02. The fraction of sp³-hybridized carbons (Fsp3) is 0.556. The van der Waals surface area contributed by atoms with Gasteiger partial charge in [-0.15, -0.1) is 0 Å². The number of hydrogen-bond donors (Lipinski definition) is 1. The second-order valence-electron chi connectivity index (χ2n) is 5.45. The summed E-state index contributed by atoms with van der Waals surface area (Å²) in [5, 5.41) is 18.2. The van der Waals surface area contributed by atoms with Crippen LogP contribution in [-0.4, -0.2) is 17.7 Å². The van der Waals surface area contributed by atoms with Gasteiger partial charge < -0.3 is 9.84 Å². The Labute approximate surface area is 132 Å². The van der Waals surface area contributed by atoms with Crippen LogP contribution in [-0.2, 0) is 4.74 Å². The van der Waals surface area contributed by atoms with Crippen LogP contribution in [0, 0.1) is 11.3 Å². The van der Waals surface area contributed by atoms with E-state index in [2.05, 4.69) is 6.92 Å². The normalized spacial score (nSPS) is 10.2. The van der Waals surface area contributed by atoms with E-state index in [0.29, 0.717) is 12.2 Å². The molecule has 0 amide bonds. The monoisotopic (exact) mass is 303 g/mol. The lowest BCUT2D eigenvalue weighted by atomic mass is 10.1. The number of phenolic OH excluding ortho intramolecular Hbond substituents is 1. The van der Waals surface area contributed by atoms with Crippen molar-refractivity contribution in [3.63, 3.8) is 0 Å². The molecule has 120 valence electrons. The van der Waals surface area contributed by atoms with E-state index in [1.54, 1.807) is 0 Å². The van der Waals surface area contributed by atoms with Gasteiger partial charge in [0.15, 0.2) is 0 Å². The van der Waals surface area contributed by atoms with Crippen molar-refractivity contribution in [2.75, 3.05) is 6.61 Å². The number of hydrogen-bond acceptors (Lipinski definition) is 4. The minimum atomic E-state index is -0.445. The molecule has 0 saturated heterocycles. The molecule has 0 spiro atoms. The maximum absolute atomic E-state index is 11.8. The van der Waals surface area contributed by atoms with E-state index in [0.717, 1.165) is 12.8 Å². The topological polar surface area (TPSA) is 70.3 Å². The van der Waals surface area contributed by atoms with Crippen molar-refractivity contribution in [2.24, 2.45) is 0 Å². The van der Waals surface area contributed by atoms with Gasteiger partial charge in [-0.3, -0.25) is 0 Å². The molecule has 0 aliphatic carbocycles. The maximum Gasteiger partial charge on any atom is 0.338 e. The van der Waals surface area contributed by atoms with E-state index in [9.17, 15) is 9.90 Å². The second kappa shape index (κ2) is 10.7. The SMILES string of the molecule is CCCCCCCCCCOC(=O)c1ccc(O)c(C#N)c1. The van der Waals surface area contributed by atoms with Crippen LogP contribution in [0.25, 0.3) is 0 Å². The third kappa shape index (κ3) is 6.62. The summed E-state index contributed by atoms with van der Waals surface area (Å²) in [5.74, 6) is -0.568. The molecule has 0 aliphatic rings. The summed E-state index contributed by atoms with van der Waals surface area (Å²) in [6, 6.07) is 5.99. The zero-order chi connectivity index (χ0) is 16.2. The summed E-state index contributed by atoms with van der Waals surface area (Å²) >= 11 is 0. The first-order chi connectivity index (χ1) is 10.7. The Balaban J connectivity index is 2.17. The largest absolute Gasteiger partial charge is 0.507 e. The molecule has 0 atom stereocenters. The Morgan fingerprint density at radius 3 is 2.41 bits per heavy atom. The number of carbonyl (C=O) groups is 1. The number of esters is 1. The van der Waals surface area contributed by atoms with Crippen LogP contribution in [0.2, 0.25) is 0 Å². The molecular formula is C18H25NO3. The van der Waals surface area contributed by atoms with E-state index in [4.69, 9.17) is 10.00 Å². The molecule has 0 fully saturated rings. The number of phenols is 1. The van der Waals surface area contributed by atoms with Gasteiger partial charge in [0, 0.05) is 0 Å². The van der Waals surface area contributed by atoms with Gasteiger partial charge in [0.1, 0.15) is 11.8 Å². The van der Waals surface area contributed by atoms with Crippen LogP contribution >= 0.6 is 0 Å². The number of unbranched alkanes of at least 4 members (excludes halogenated alkanes) is 7. The zero-order valence-corrected chi connectivity index (χ0v) is 13.3. The standard InChI is InChI=1S/C18H25NO3/c1-2-3-4-5-6-7-8-9-12-22-18(21)15-10-11-17(20)16(13-15)14-19/h10-11,13,20H,2-9,12H2,1H3. The van der Waals surface area contributed by atoms with Crippen LogP contribution in [0.5, 0.6) is 5.75 Å². The Bertz CT molecular complexity index is 506. The highest BCUT2D eigenvalue weighted by atomic mass is 16.5. The van der Waals surface area contributed by atoms with Crippen molar-refractivity contribution >= 4 is 5.97 Å². The number of rotatable bonds is 10. The smallest absolute Gasteiger partial charge is 0.338 e. The first kappa shape index (κ1) is 18.0. The van der Waals surface area contributed by atoms with Crippen LogP contribution in [0.15, 0.2) is 18.2 Å². The predicted molar refractivity (Wildman–Crippen MR) is 85.7 cm³/mol. The van der Waals surface area contributed by atoms with Gasteiger partial charge in [0.2, 0.25) is 0 Å². The molecule has 1 aromatic carbocycles. The van der Waals surface area contributed by atoms with Crippen molar-refractivity contribution in [3.8, 4) is 11.8 Å². The summed E-state index contributed by atoms with van der Waals surface area (Å²) < 4.78 is 5.18. The van der Waals surface area contributed by atoms with Crippen LogP contribution in [0.1, 0.15) is 74.2 Å². The van der Waals surface area contributed by atoms with Gasteiger partial charge in [0.05, 0.1) is 17.7 Å². The molecule has 0 aliphatic heterocycles. The van der Waals surface area contributed by atoms with Crippen molar-refractivity contribution in [3.05, 3.63) is 29.3 Å². The van der Waals surface area contributed by atoms with Crippen LogP contribution in [0.3, 0.4) is 0 Å². The molecule has 4 heteroatoms. The zero-order valence-electron chi connectivity index (χ0n) is 13.3. The fourth-order valence-electron chi connectivity index (χ4n) is 2.24. The quantitative estimate of drug-likeness (QED) is 0.508.